The van der Waals surface area contributed by atoms with Gasteiger partial charge in [-0.1, -0.05) is 18.2 Å². The molecule has 1 rings (SSSR count). The van der Waals surface area contributed by atoms with Crippen molar-refractivity contribution in [3.8, 4) is 0 Å². The first kappa shape index (κ1) is 9.48. The van der Waals surface area contributed by atoms with Crippen LogP contribution in [0.15, 0.2) is 36.9 Å². The number of benzene rings is 1. The quantitative estimate of drug-likeness (QED) is 0.433. The van der Waals surface area contributed by atoms with Crippen LogP contribution in [0.2, 0.25) is 0 Å². The Kier molecular flexibility index (Phi) is 3.23. The van der Waals surface area contributed by atoms with Crippen LogP contribution in [0.1, 0.15) is 10.4 Å². The molecule has 3 heteroatoms. The molecule has 0 saturated carbocycles. The van der Waals surface area contributed by atoms with Gasteiger partial charge in [-0.25, -0.2) is 0 Å². The van der Waals surface area contributed by atoms with Crippen LogP contribution in [-0.4, -0.2) is 18.0 Å². The highest BCUT2D eigenvalue weighted by atomic mass is 16.5. The second kappa shape index (κ2) is 4.42. The minimum atomic E-state index is 0.296. The fraction of sp³-hybridized carbons (Fsp3) is 0.100. The van der Waals surface area contributed by atoms with Crippen LogP contribution in [0.5, 0.6) is 0 Å². The van der Waals surface area contributed by atoms with Gasteiger partial charge in [0.1, 0.15) is 0 Å². The Hall–Kier alpha value is -1.61. The summed E-state index contributed by atoms with van der Waals surface area (Å²) in [6.07, 6.45) is 2.27. The smallest absolute Gasteiger partial charge is 0.152 e. The Bertz CT molecular complexity index is 310. The van der Waals surface area contributed by atoms with Gasteiger partial charge in [-0.05, 0) is 12.1 Å². The van der Waals surface area contributed by atoms with Gasteiger partial charge in [0.05, 0.1) is 12.2 Å². The normalized spacial score (nSPS) is 9.31. The Morgan fingerprint density at radius 3 is 2.77 bits per heavy atom. The van der Waals surface area contributed by atoms with Crippen LogP contribution in [0.4, 0.5) is 5.69 Å². The summed E-state index contributed by atoms with van der Waals surface area (Å²) in [5.74, 6) is 0. The first-order valence-corrected chi connectivity index (χ1v) is 3.91. The average Bonchev–Trinajstić information content (AvgIpc) is 2.18. The lowest BCUT2D eigenvalue weighted by molar-refractivity contribution is 0.112. The van der Waals surface area contributed by atoms with Crippen molar-refractivity contribution in [2.24, 2.45) is 0 Å². The number of hydrogen-bond acceptors (Lipinski definition) is 3. The molecule has 1 aromatic rings. The largest absolute Gasteiger partial charge is 0.298 e. The van der Waals surface area contributed by atoms with E-state index in [1.165, 1.54) is 0 Å². The Morgan fingerprint density at radius 2 is 2.15 bits per heavy atom. The highest BCUT2D eigenvalue weighted by molar-refractivity contribution is 5.84. The molecular weight excluding hydrogens is 166 g/mol. The summed E-state index contributed by atoms with van der Waals surface area (Å²) < 4.78 is 0. The van der Waals surface area contributed by atoms with Crippen molar-refractivity contribution in [3.05, 3.63) is 42.5 Å². The molecule has 0 saturated heterocycles. The highest BCUT2D eigenvalue weighted by Gasteiger charge is 2.05. The fourth-order valence-electron chi connectivity index (χ4n) is 1.04. The van der Waals surface area contributed by atoms with Gasteiger partial charge in [0.25, 0.3) is 0 Å². The third kappa shape index (κ3) is 2.16. The molecule has 0 radical (unpaired) electrons. The van der Waals surface area contributed by atoms with Crippen molar-refractivity contribution >= 4 is 12.0 Å². The molecule has 13 heavy (non-hydrogen) atoms. The molecule has 0 aliphatic rings. The number of hydrogen-bond donors (Lipinski definition) is 1. The topological polar surface area (TPSA) is 40.5 Å². The molecule has 0 amide bonds. The van der Waals surface area contributed by atoms with Crippen LogP contribution < -0.4 is 5.06 Å². The first-order valence-electron chi connectivity index (χ1n) is 3.91. The minimum Gasteiger partial charge on any atom is -0.298 e. The molecule has 0 aromatic heterocycles. The summed E-state index contributed by atoms with van der Waals surface area (Å²) in [6.45, 7) is 3.79. The third-order valence-electron chi connectivity index (χ3n) is 1.64. The summed E-state index contributed by atoms with van der Waals surface area (Å²) in [7, 11) is 0. The Labute approximate surface area is 76.9 Å². The van der Waals surface area contributed by atoms with E-state index >= 15 is 0 Å². The van der Waals surface area contributed by atoms with Crippen LogP contribution in [0, 0.1) is 0 Å². The van der Waals surface area contributed by atoms with Crippen molar-refractivity contribution in [2.75, 3.05) is 11.6 Å². The summed E-state index contributed by atoms with van der Waals surface area (Å²) in [6, 6.07) is 6.82. The van der Waals surface area contributed by atoms with Crippen LogP contribution >= 0.6 is 0 Å². The van der Waals surface area contributed by atoms with Crippen molar-refractivity contribution in [3.63, 3.8) is 0 Å². The highest BCUT2D eigenvalue weighted by Crippen LogP contribution is 2.16. The standard InChI is InChI=1S/C10H11NO2/c1-2-7-11(13)10-6-4-3-5-9(10)8-12/h2-6,8,13H,1,7H2. The lowest BCUT2D eigenvalue weighted by Crippen LogP contribution is -2.18. The van der Waals surface area contributed by atoms with Crippen LogP contribution in [-0.2, 0) is 0 Å². The summed E-state index contributed by atoms with van der Waals surface area (Å²) in [4.78, 5) is 10.6. The van der Waals surface area contributed by atoms with Gasteiger partial charge in [0.15, 0.2) is 6.29 Å². The lowest BCUT2D eigenvalue weighted by Gasteiger charge is -2.15. The third-order valence-corrected chi connectivity index (χ3v) is 1.64. The van der Waals surface area contributed by atoms with Gasteiger partial charge in [0.2, 0.25) is 0 Å². The maximum atomic E-state index is 10.6. The minimum absolute atomic E-state index is 0.296. The molecule has 3 nitrogen and oxygen atoms in total. The van der Waals surface area contributed by atoms with Crippen molar-refractivity contribution in [2.45, 2.75) is 0 Å². The second-order valence-electron chi connectivity index (χ2n) is 2.55. The Morgan fingerprint density at radius 1 is 1.46 bits per heavy atom. The van der Waals surface area contributed by atoms with Crippen LogP contribution in [0.25, 0.3) is 0 Å². The molecule has 0 fully saturated rings. The average molecular weight is 177 g/mol. The number of rotatable bonds is 4. The van der Waals surface area contributed by atoms with E-state index in [-0.39, 0.29) is 0 Å². The number of anilines is 1. The van der Waals surface area contributed by atoms with Gasteiger partial charge in [0, 0.05) is 5.56 Å². The van der Waals surface area contributed by atoms with E-state index in [1.54, 1.807) is 30.3 Å². The first-order chi connectivity index (χ1) is 6.29. The number of carbonyl (C=O) groups excluding carboxylic acids is 1. The molecule has 0 spiro atoms. The zero-order valence-corrected chi connectivity index (χ0v) is 7.18. The molecule has 0 atom stereocenters. The summed E-state index contributed by atoms with van der Waals surface area (Å²) in [5.41, 5.74) is 0.962. The molecule has 0 unspecified atom stereocenters. The SMILES string of the molecule is C=CCN(O)c1ccccc1C=O. The number of hydroxylamine groups is 1. The number of carbonyl (C=O) groups is 1. The second-order valence-corrected chi connectivity index (χ2v) is 2.55. The molecule has 0 bridgehead atoms. The van der Waals surface area contributed by atoms with Crippen molar-refractivity contribution in [1.29, 1.82) is 0 Å². The van der Waals surface area contributed by atoms with Crippen molar-refractivity contribution < 1.29 is 10.0 Å². The summed E-state index contributed by atoms with van der Waals surface area (Å²) in [5, 5.41) is 10.4. The number of aldehydes is 1. The predicted octanol–water partition coefficient (Wildman–Crippen LogP) is 1.88. The maximum absolute atomic E-state index is 10.6. The molecule has 1 aromatic carbocycles. The van der Waals surface area contributed by atoms with E-state index in [9.17, 15) is 10.0 Å². The van der Waals surface area contributed by atoms with E-state index in [4.69, 9.17) is 0 Å². The molecule has 68 valence electrons. The molecule has 0 aliphatic carbocycles. The molecular formula is C10H11NO2. The van der Waals surface area contributed by atoms with Crippen molar-refractivity contribution in [1.82, 2.24) is 0 Å². The van der Waals surface area contributed by atoms with Gasteiger partial charge in [-0.2, -0.15) is 0 Å². The van der Waals surface area contributed by atoms with Gasteiger partial charge in [-0.15, -0.1) is 6.58 Å². The number of para-hydroxylation sites is 1. The zero-order valence-electron chi connectivity index (χ0n) is 7.18. The maximum Gasteiger partial charge on any atom is 0.152 e. The fourth-order valence-corrected chi connectivity index (χ4v) is 1.04. The van der Waals surface area contributed by atoms with E-state index < -0.39 is 0 Å². The van der Waals surface area contributed by atoms with E-state index in [0.717, 1.165) is 5.06 Å². The predicted molar refractivity (Wildman–Crippen MR) is 51.2 cm³/mol. The van der Waals surface area contributed by atoms with Crippen LogP contribution in [0.3, 0.4) is 0 Å². The number of nitrogens with zero attached hydrogens (tertiary/aromatic N) is 1. The molecule has 0 aliphatic heterocycles. The van der Waals surface area contributed by atoms with E-state index in [1.807, 2.05) is 0 Å². The molecule has 0 heterocycles. The summed E-state index contributed by atoms with van der Waals surface area (Å²) >= 11 is 0. The lowest BCUT2D eigenvalue weighted by atomic mass is 10.2. The van der Waals surface area contributed by atoms with Gasteiger partial charge in [-0.3, -0.25) is 15.1 Å². The monoisotopic (exact) mass is 177 g/mol. The van der Waals surface area contributed by atoms with E-state index in [0.29, 0.717) is 24.1 Å². The van der Waals surface area contributed by atoms with Gasteiger partial charge >= 0.3 is 0 Å². The zero-order chi connectivity index (χ0) is 9.68. The molecule has 1 N–H and O–H groups in total. The van der Waals surface area contributed by atoms with Gasteiger partial charge < -0.3 is 0 Å². The van der Waals surface area contributed by atoms with E-state index in [2.05, 4.69) is 6.58 Å². The Balaban J connectivity index is 2.97.